The fourth-order valence-corrected chi connectivity index (χ4v) is 3.85. The molecule has 0 atom stereocenters. The number of hydrogen-bond acceptors (Lipinski definition) is 4. The normalized spacial score (nSPS) is 11.3. The Bertz CT molecular complexity index is 1320. The zero-order valence-electron chi connectivity index (χ0n) is 18.5. The van der Waals surface area contributed by atoms with Crippen molar-refractivity contribution >= 4 is 29.1 Å². The van der Waals surface area contributed by atoms with Crippen LogP contribution in [0.4, 0.5) is 5.82 Å². The van der Waals surface area contributed by atoms with E-state index in [1.165, 1.54) is 11.1 Å². The molecule has 0 radical (unpaired) electrons. The molecule has 0 aliphatic rings. The Balaban J connectivity index is 1.59. The fraction of sp³-hybridized carbons (Fsp3) is 0.107. The van der Waals surface area contributed by atoms with Crippen molar-refractivity contribution in [1.82, 2.24) is 19.5 Å². The molecule has 0 N–H and O–H groups in total. The maximum absolute atomic E-state index is 4.97. The summed E-state index contributed by atoms with van der Waals surface area (Å²) < 4.78 is 1.95. The topological polar surface area (TPSA) is 46.8 Å². The molecule has 33 heavy (non-hydrogen) atoms. The number of aromatic nitrogens is 4. The summed E-state index contributed by atoms with van der Waals surface area (Å²) in [5.41, 5.74) is 5.17. The smallest absolute Gasteiger partial charge is 0.165 e. The predicted molar refractivity (Wildman–Crippen MR) is 134 cm³/mol. The van der Waals surface area contributed by atoms with E-state index in [4.69, 9.17) is 9.97 Å². The van der Waals surface area contributed by atoms with Crippen molar-refractivity contribution in [3.63, 3.8) is 0 Å². The highest BCUT2D eigenvalue weighted by molar-refractivity contribution is 5.85. The molecule has 0 aliphatic carbocycles. The molecule has 5 heteroatoms. The molecule has 2 aromatic heterocycles. The first-order chi connectivity index (χ1) is 16.3. The molecular weight excluding hydrogens is 406 g/mol. The maximum Gasteiger partial charge on any atom is 0.165 e. The van der Waals surface area contributed by atoms with Crippen LogP contribution in [-0.4, -0.2) is 19.5 Å². The van der Waals surface area contributed by atoms with Crippen LogP contribution < -0.4 is 4.90 Å². The van der Waals surface area contributed by atoms with Gasteiger partial charge in [-0.1, -0.05) is 97.1 Å². The van der Waals surface area contributed by atoms with E-state index in [1.807, 2.05) is 54.1 Å². The van der Waals surface area contributed by atoms with Crippen LogP contribution >= 0.6 is 0 Å². The molecule has 0 saturated carbocycles. The summed E-state index contributed by atoms with van der Waals surface area (Å²) in [5.74, 6) is 1.50. The van der Waals surface area contributed by atoms with E-state index in [0.717, 1.165) is 35.6 Å². The second-order valence-electron chi connectivity index (χ2n) is 8.00. The first kappa shape index (κ1) is 20.6. The largest absolute Gasteiger partial charge is 0.346 e. The molecule has 0 saturated heterocycles. The number of imidazole rings is 1. The molecule has 0 aliphatic heterocycles. The van der Waals surface area contributed by atoms with Crippen LogP contribution in [0.15, 0.2) is 97.3 Å². The molecule has 5 rings (SSSR count). The quantitative estimate of drug-likeness (QED) is 0.330. The monoisotopic (exact) mass is 431 g/mol. The van der Waals surface area contributed by atoms with Gasteiger partial charge in [0.1, 0.15) is 0 Å². The minimum absolute atomic E-state index is 0.663. The number of hydrogen-bond donors (Lipinski definition) is 0. The van der Waals surface area contributed by atoms with E-state index < -0.39 is 0 Å². The average molecular weight is 432 g/mol. The Kier molecular flexibility index (Phi) is 5.93. The van der Waals surface area contributed by atoms with E-state index in [2.05, 4.69) is 70.5 Å². The summed E-state index contributed by atoms with van der Waals surface area (Å²) in [6.07, 6.45) is 5.81. The summed E-state index contributed by atoms with van der Waals surface area (Å²) in [4.78, 5) is 16.7. The zero-order valence-corrected chi connectivity index (χ0v) is 18.5. The lowest BCUT2D eigenvalue weighted by atomic mass is 10.1. The lowest BCUT2D eigenvalue weighted by molar-refractivity contribution is 0.783. The molecule has 0 fully saturated rings. The third-order valence-corrected chi connectivity index (χ3v) is 5.52. The minimum atomic E-state index is 0.663. The Morgan fingerprint density at radius 2 is 1.30 bits per heavy atom. The Morgan fingerprint density at radius 1 is 0.727 bits per heavy atom. The third kappa shape index (κ3) is 4.83. The molecule has 2 heterocycles. The lowest BCUT2D eigenvalue weighted by Gasteiger charge is -2.24. The highest BCUT2D eigenvalue weighted by Crippen LogP contribution is 2.26. The highest BCUT2D eigenvalue weighted by atomic mass is 15.2. The van der Waals surface area contributed by atoms with Crippen LogP contribution in [0, 0.1) is 0 Å². The molecule has 0 amide bonds. The number of fused-ring (bicyclic) bond motifs is 1. The predicted octanol–water partition coefficient (Wildman–Crippen LogP) is 5.74. The van der Waals surface area contributed by atoms with Gasteiger partial charge in [-0.3, -0.25) is 0 Å². The van der Waals surface area contributed by atoms with E-state index in [0.29, 0.717) is 5.82 Å². The Morgan fingerprint density at radius 3 is 1.91 bits per heavy atom. The Labute approximate surface area is 193 Å². The van der Waals surface area contributed by atoms with Crippen molar-refractivity contribution in [3.05, 3.63) is 120 Å². The van der Waals surface area contributed by atoms with Crippen LogP contribution in [0.3, 0.4) is 0 Å². The summed E-state index contributed by atoms with van der Waals surface area (Å²) in [6.45, 7) is 1.44. The second kappa shape index (κ2) is 9.49. The van der Waals surface area contributed by atoms with E-state index >= 15 is 0 Å². The minimum Gasteiger partial charge on any atom is -0.346 e. The van der Waals surface area contributed by atoms with Gasteiger partial charge in [-0.2, -0.15) is 0 Å². The zero-order chi connectivity index (χ0) is 22.5. The summed E-state index contributed by atoms with van der Waals surface area (Å²) in [7, 11) is 1.97. The van der Waals surface area contributed by atoms with Crippen molar-refractivity contribution < 1.29 is 0 Å². The van der Waals surface area contributed by atoms with Gasteiger partial charge in [-0.05, 0) is 22.8 Å². The molecule has 5 aromatic rings. The summed E-state index contributed by atoms with van der Waals surface area (Å²) in [5, 5.41) is 0. The molecule has 3 aromatic carbocycles. The van der Waals surface area contributed by atoms with Crippen LogP contribution in [-0.2, 0) is 20.1 Å². The fourth-order valence-electron chi connectivity index (χ4n) is 3.85. The number of benzene rings is 3. The van der Waals surface area contributed by atoms with Crippen molar-refractivity contribution in [1.29, 1.82) is 0 Å². The van der Waals surface area contributed by atoms with Crippen molar-refractivity contribution in [2.24, 2.45) is 7.05 Å². The first-order valence-electron chi connectivity index (χ1n) is 11.0. The van der Waals surface area contributed by atoms with E-state index in [9.17, 15) is 0 Å². The standard InChI is InChI=1S/C28H25N5/c1-32-21-29-26-27(32)30-25(18-17-22-11-5-2-6-12-22)31-28(26)33(19-23-13-7-3-8-14-23)20-24-15-9-4-10-16-24/h2-18,21H,19-20H2,1H3. The van der Waals surface area contributed by atoms with Gasteiger partial charge in [0.15, 0.2) is 22.8 Å². The number of nitrogens with zero attached hydrogens (tertiary/aromatic N) is 5. The third-order valence-electron chi connectivity index (χ3n) is 5.52. The molecule has 5 nitrogen and oxygen atoms in total. The van der Waals surface area contributed by atoms with Gasteiger partial charge in [0.05, 0.1) is 6.33 Å². The van der Waals surface area contributed by atoms with Gasteiger partial charge in [-0.15, -0.1) is 0 Å². The number of anilines is 1. The summed E-state index contributed by atoms with van der Waals surface area (Å²) in [6, 6.07) is 31.1. The second-order valence-corrected chi connectivity index (χ2v) is 8.00. The maximum atomic E-state index is 4.97. The van der Waals surface area contributed by atoms with Crippen LogP contribution in [0.5, 0.6) is 0 Å². The van der Waals surface area contributed by atoms with E-state index in [1.54, 1.807) is 6.33 Å². The average Bonchev–Trinajstić information content (AvgIpc) is 3.24. The van der Waals surface area contributed by atoms with Gasteiger partial charge in [0, 0.05) is 20.1 Å². The molecule has 0 unspecified atom stereocenters. The van der Waals surface area contributed by atoms with Crippen LogP contribution in [0.1, 0.15) is 22.5 Å². The van der Waals surface area contributed by atoms with Gasteiger partial charge in [-0.25, -0.2) is 15.0 Å². The van der Waals surface area contributed by atoms with Gasteiger partial charge in [0.25, 0.3) is 0 Å². The van der Waals surface area contributed by atoms with Gasteiger partial charge >= 0.3 is 0 Å². The SMILES string of the molecule is Cn1cnc2c(N(Cc3ccccc3)Cc3ccccc3)nc(C=Cc3ccccc3)nc21. The van der Waals surface area contributed by atoms with Crippen molar-refractivity contribution in [3.8, 4) is 0 Å². The first-order valence-corrected chi connectivity index (χ1v) is 11.0. The Hall–Kier alpha value is -4.25. The molecule has 0 spiro atoms. The number of rotatable bonds is 7. The lowest BCUT2D eigenvalue weighted by Crippen LogP contribution is -2.24. The van der Waals surface area contributed by atoms with Gasteiger partial charge in [0.2, 0.25) is 0 Å². The molecular formula is C28H25N5. The van der Waals surface area contributed by atoms with Crippen LogP contribution in [0.25, 0.3) is 23.3 Å². The van der Waals surface area contributed by atoms with Crippen LogP contribution in [0.2, 0.25) is 0 Å². The van der Waals surface area contributed by atoms with Crippen molar-refractivity contribution in [2.45, 2.75) is 13.1 Å². The van der Waals surface area contributed by atoms with E-state index in [-0.39, 0.29) is 0 Å². The van der Waals surface area contributed by atoms with Gasteiger partial charge < -0.3 is 9.47 Å². The molecule has 0 bridgehead atoms. The highest BCUT2D eigenvalue weighted by Gasteiger charge is 2.18. The van der Waals surface area contributed by atoms with Crippen molar-refractivity contribution in [2.75, 3.05) is 4.90 Å². The molecule has 162 valence electrons. The number of aryl methyl sites for hydroxylation is 1. The summed E-state index contributed by atoms with van der Waals surface area (Å²) >= 11 is 0.